The lowest BCUT2D eigenvalue weighted by molar-refractivity contribution is 0.100. The molecule has 4 heterocycles. The number of nitrogens with two attached hydrogens (primary N) is 2. The van der Waals surface area contributed by atoms with Crippen molar-refractivity contribution < 1.29 is 4.79 Å². The standard InChI is InChI=1S/C22H17N3OS.C7H7N5O/c1-3-20-24-19-11-7-8-16(12-13-17-14-27-15(2)23-17)21(19)22(26)25(20)18-9-5-4-6-10-18;8-5-4(6(9)13)7-10-2-1-3-12(7)11-5/h4-11,14H,3H2,1-2H3;1-3H,(H2,8,11)(H2,9,13). The summed E-state index contributed by atoms with van der Waals surface area (Å²) in [6.07, 6.45) is 3.85. The topological polar surface area (TPSA) is 147 Å². The Labute approximate surface area is 233 Å². The molecule has 11 heteroatoms. The summed E-state index contributed by atoms with van der Waals surface area (Å²) in [6.45, 7) is 3.95. The minimum absolute atomic E-state index is 0.0950. The van der Waals surface area contributed by atoms with Gasteiger partial charge < -0.3 is 11.5 Å². The number of nitrogens with zero attached hydrogens (tertiary/aromatic N) is 6. The van der Waals surface area contributed by atoms with E-state index in [1.54, 1.807) is 34.4 Å². The first-order valence-corrected chi connectivity index (χ1v) is 13.2. The second kappa shape index (κ2) is 11.2. The van der Waals surface area contributed by atoms with Crippen LogP contribution in [0.2, 0.25) is 0 Å². The highest BCUT2D eigenvalue weighted by molar-refractivity contribution is 7.09. The fourth-order valence-electron chi connectivity index (χ4n) is 4.15. The number of nitrogen functional groups attached to an aromatic ring is 1. The van der Waals surface area contributed by atoms with E-state index in [1.165, 1.54) is 4.52 Å². The maximum absolute atomic E-state index is 13.4. The van der Waals surface area contributed by atoms with Crippen LogP contribution in [-0.4, -0.2) is 35.0 Å². The molecule has 0 saturated heterocycles. The number of para-hydroxylation sites is 1. The summed E-state index contributed by atoms with van der Waals surface area (Å²) in [5, 5.41) is 7.30. The van der Waals surface area contributed by atoms with E-state index in [0.717, 1.165) is 22.2 Å². The Bertz CT molecular complexity index is 1980. The van der Waals surface area contributed by atoms with E-state index in [2.05, 4.69) is 26.9 Å². The van der Waals surface area contributed by atoms with Gasteiger partial charge in [0.2, 0.25) is 0 Å². The number of anilines is 1. The second-order valence-electron chi connectivity index (χ2n) is 8.57. The summed E-state index contributed by atoms with van der Waals surface area (Å²) in [5.41, 5.74) is 13.9. The average Bonchev–Trinajstić information content (AvgIpc) is 3.53. The zero-order chi connectivity index (χ0) is 28.2. The molecule has 0 aliphatic heterocycles. The van der Waals surface area contributed by atoms with Crippen molar-refractivity contribution in [3.63, 3.8) is 0 Å². The highest BCUT2D eigenvalue weighted by Crippen LogP contribution is 2.17. The number of carbonyl (C=O) groups is 1. The van der Waals surface area contributed by atoms with Crippen LogP contribution in [-0.2, 0) is 6.42 Å². The second-order valence-corrected chi connectivity index (χ2v) is 9.63. The molecule has 10 nitrogen and oxygen atoms in total. The van der Waals surface area contributed by atoms with Crippen LogP contribution in [0.5, 0.6) is 0 Å². The van der Waals surface area contributed by atoms with E-state index < -0.39 is 5.91 Å². The van der Waals surface area contributed by atoms with Gasteiger partial charge in [-0.1, -0.05) is 37.1 Å². The van der Waals surface area contributed by atoms with Crippen molar-refractivity contribution in [2.75, 3.05) is 5.73 Å². The molecule has 0 saturated carbocycles. The van der Waals surface area contributed by atoms with E-state index in [4.69, 9.17) is 16.5 Å². The van der Waals surface area contributed by atoms with Crippen molar-refractivity contribution in [2.24, 2.45) is 5.73 Å². The molecule has 4 N–H and O–H groups in total. The number of fused-ring (bicyclic) bond motifs is 2. The lowest BCUT2D eigenvalue weighted by atomic mass is 10.1. The van der Waals surface area contributed by atoms with Gasteiger partial charge in [-0.15, -0.1) is 16.4 Å². The van der Waals surface area contributed by atoms with Gasteiger partial charge in [-0.2, -0.15) is 0 Å². The van der Waals surface area contributed by atoms with Crippen molar-refractivity contribution in [2.45, 2.75) is 20.3 Å². The molecular weight excluding hydrogens is 524 g/mol. The molecule has 6 aromatic rings. The Balaban J connectivity index is 0.000000207. The van der Waals surface area contributed by atoms with Crippen LogP contribution in [0.1, 0.15) is 39.4 Å². The van der Waals surface area contributed by atoms with E-state index in [1.807, 2.05) is 67.8 Å². The molecule has 6 rings (SSSR count). The molecule has 0 atom stereocenters. The van der Waals surface area contributed by atoms with Crippen molar-refractivity contribution in [3.05, 3.63) is 110 Å². The Kier molecular flexibility index (Phi) is 7.35. The first-order valence-electron chi connectivity index (χ1n) is 12.3. The average molecular weight is 549 g/mol. The number of primary amides is 1. The molecule has 0 spiro atoms. The lowest BCUT2D eigenvalue weighted by Gasteiger charge is -2.13. The lowest BCUT2D eigenvalue weighted by Crippen LogP contribution is -2.24. The van der Waals surface area contributed by atoms with Crippen molar-refractivity contribution in [3.8, 4) is 17.5 Å². The Morgan fingerprint density at radius 1 is 1.05 bits per heavy atom. The molecule has 0 unspecified atom stereocenters. The molecule has 198 valence electrons. The van der Waals surface area contributed by atoms with Crippen LogP contribution in [0.3, 0.4) is 0 Å². The zero-order valence-corrected chi connectivity index (χ0v) is 22.5. The third-order valence-corrected chi connectivity index (χ3v) is 6.68. The number of hydrogen-bond acceptors (Lipinski definition) is 8. The van der Waals surface area contributed by atoms with E-state index in [-0.39, 0.29) is 16.9 Å². The van der Waals surface area contributed by atoms with Crippen molar-refractivity contribution in [1.29, 1.82) is 0 Å². The summed E-state index contributed by atoms with van der Waals surface area (Å²) in [6, 6.07) is 16.9. The van der Waals surface area contributed by atoms with Gasteiger partial charge in [-0.3, -0.25) is 14.2 Å². The maximum atomic E-state index is 13.4. The smallest absolute Gasteiger partial charge is 0.267 e. The predicted octanol–water partition coefficient (Wildman–Crippen LogP) is 3.52. The summed E-state index contributed by atoms with van der Waals surface area (Å²) in [7, 11) is 0. The van der Waals surface area contributed by atoms with Crippen molar-refractivity contribution in [1.82, 2.24) is 29.1 Å². The molecule has 0 fully saturated rings. The molecule has 2 aromatic carbocycles. The van der Waals surface area contributed by atoms with Crippen LogP contribution in [0.15, 0.2) is 77.2 Å². The van der Waals surface area contributed by atoms with Crippen LogP contribution in [0, 0.1) is 18.8 Å². The summed E-state index contributed by atoms with van der Waals surface area (Å²) in [5.74, 6) is 6.40. The number of benzene rings is 2. The van der Waals surface area contributed by atoms with Gasteiger partial charge in [0.25, 0.3) is 11.5 Å². The normalized spacial score (nSPS) is 10.6. The molecule has 0 aliphatic carbocycles. The zero-order valence-electron chi connectivity index (χ0n) is 21.7. The van der Waals surface area contributed by atoms with Gasteiger partial charge in [0, 0.05) is 29.8 Å². The summed E-state index contributed by atoms with van der Waals surface area (Å²) in [4.78, 5) is 37.4. The van der Waals surface area contributed by atoms with Gasteiger partial charge in [0.05, 0.1) is 21.6 Å². The van der Waals surface area contributed by atoms with Crippen LogP contribution in [0.25, 0.3) is 22.2 Å². The number of hydrogen-bond donors (Lipinski definition) is 2. The molecular formula is C29H24N8O2S. The molecule has 0 bridgehead atoms. The van der Waals surface area contributed by atoms with E-state index in [0.29, 0.717) is 28.5 Å². The fourth-order valence-corrected chi connectivity index (χ4v) is 4.70. The van der Waals surface area contributed by atoms with Gasteiger partial charge >= 0.3 is 0 Å². The molecule has 4 aromatic heterocycles. The summed E-state index contributed by atoms with van der Waals surface area (Å²) >= 11 is 1.56. The molecule has 0 aliphatic rings. The monoisotopic (exact) mass is 548 g/mol. The largest absolute Gasteiger partial charge is 0.381 e. The predicted molar refractivity (Wildman–Crippen MR) is 155 cm³/mol. The Morgan fingerprint density at radius 3 is 2.55 bits per heavy atom. The SMILES string of the molecule is CCc1nc2cccc(C#Cc3csc(C)n3)c2c(=O)n1-c1ccccc1.NC(=O)c1c(N)nn2cccnc12. The minimum Gasteiger partial charge on any atom is -0.381 e. The van der Waals surface area contributed by atoms with Crippen LogP contribution >= 0.6 is 11.3 Å². The Hall–Kier alpha value is -5.34. The number of rotatable bonds is 3. The van der Waals surface area contributed by atoms with Crippen LogP contribution < -0.4 is 17.0 Å². The number of thiazole rings is 1. The quantitative estimate of drug-likeness (QED) is 0.322. The number of carbonyl (C=O) groups excluding carboxylic acids is 1. The van der Waals surface area contributed by atoms with Gasteiger partial charge in [0.15, 0.2) is 11.5 Å². The Morgan fingerprint density at radius 2 is 1.85 bits per heavy atom. The molecule has 40 heavy (non-hydrogen) atoms. The number of amides is 1. The number of aryl methyl sites for hydroxylation is 2. The fraction of sp³-hybridized carbons (Fsp3) is 0.103. The minimum atomic E-state index is -0.619. The van der Waals surface area contributed by atoms with Crippen LogP contribution in [0.4, 0.5) is 5.82 Å². The molecule has 0 radical (unpaired) electrons. The number of aromatic nitrogens is 6. The highest BCUT2D eigenvalue weighted by atomic mass is 32.1. The highest BCUT2D eigenvalue weighted by Gasteiger charge is 2.16. The van der Waals surface area contributed by atoms with E-state index >= 15 is 0 Å². The van der Waals surface area contributed by atoms with Gasteiger partial charge in [-0.05, 0) is 43.2 Å². The first-order chi connectivity index (χ1) is 19.4. The molecule has 1 amide bonds. The first kappa shape index (κ1) is 26.3. The van der Waals surface area contributed by atoms with Gasteiger partial charge in [-0.25, -0.2) is 19.5 Å². The third kappa shape index (κ3) is 5.16. The van der Waals surface area contributed by atoms with E-state index in [9.17, 15) is 9.59 Å². The maximum Gasteiger partial charge on any atom is 0.267 e. The summed E-state index contributed by atoms with van der Waals surface area (Å²) < 4.78 is 3.09. The third-order valence-electron chi connectivity index (χ3n) is 5.91. The van der Waals surface area contributed by atoms with Crippen molar-refractivity contribution >= 4 is 39.6 Å². The van der Waals surface area contributed by atoms with Gasteiger partial charge in [0.1, 0.15) is 17.1 Å².